The first kappa shape index (κ1) is 29.3. The van der Waals surface area contributed by atoms with E-state index < -0.39 is 5.60 Å². The van der Waals surface area contributed by atoms with Gasteiger partial charge in [-0.3, -0.25) is 9.59 Å². The highest BCUT2D eigenvalue weighted by molar-refractivity contribution is 6.00. The summed E-state index contributed by atoms with van der Waals surface area (Å²) in [5, 5.41) is 7.70. The van der Waals surface area contributed by atoms with Crippen LogP contribution in [0, 0.1) is 0 Å². The number of aromatic nitrogens is 5. The molecule has 44 heavy (non-hydrogen) atoms. The van der Waals surface area contributed by atoms with Crippen LogP contribution in [0.2, 0.25) is 0 Å². The Morgan fingerprint density at radius 2 is 1.86 bits per heavy atom. The van der Waals surface area contributed by atoms with E-state index in [2.05, 4.69) is 32.4 Å². The molecule has 2 atom stereocenters. The predicted octanol–water partition coefficient (Wildman–Crippen LogP) is 4.58. The van der Waals surface area contributed by atoms with E-state index in [1.165, 1.54) is 0 Å². The maximum atomic E-state index is 13.5. The number of benzene rings is 1. The van der Waals surface area contributed by atoms with Crippen LogP contribution in [0.3, 0.4) is 0 Å². The molecular formula is C33H37N7O4. The summed E-state index contributed by atoms with van der Waals surface area (Å²) in [4.78, 5) is 37.8. The van der Waals surface area contributed by atoms with Crippen LogP contribution in [0.25, 0.3) is 28.3 Å². The molecule has 0 bridgehead atoms. The maximum Gasteiger partial charge on any atom is 0.326 e. The van der Waals surface area contributed by atoms with Crippen molar-refractivity contribution >= 4 is 23.3 Å². The first-order valence-corrected chi connectivity index (χ1v) is 14.7. The summed E-state index contributed by atoms with van der Waals surface area (Å²) in [6.07, 6.45) is 6.92. The summed E-state index contributed by atoms with van der Waals surface area (Å²) in [6, 6.07) is 15.9. The van der Waals surface area contributed by atoms with Gasteiger partial charge in [0, 0.05) is 50.3 Å². The molecule has 1 saturated carbocycles. The molecule has 4 heterocycles. The molecule has 1 amide bonds. The summed E-state index contributed by atoms with van der Waals surface area (Å²) >= 11 is 0. The van der Waals surface area contributed by atoms with Crippen LogP contribution < -0.4 is 10.2 Å². The summed E-state index contributed by atoms with van der Waals surface area (Å²) < 4.78 is 14.5. The zero-order valence-electron chi connectivity index (χ0n) is 25.7. The van der Waals surface area contributed by atoms with Gasteiger partial charge in [0.25, 0.3) is 5.91 Å². The highest BCUT2D eigenvalue weighted by atomic mass is 16.6. The zero-order chi connectivity index (χ0) is 31.0. The molecule has 3 aliphatic rings. The number of fused-ring (bicyclic) bond motifs is 2. The average molecular weight is 596 g/mol. The highest BCUT2D eigenvalue weighted by Crippen LogP contribution is 2.35. The summed E-state index contributed by atoms with van der Waals surface area (Å²) in [5.41, 5.74) is 3.61. The van der Waals surface area contributed by atoms with Gasteiger partial charge >= 0.3 is 5.97 Å². The molecule has 0 unspecified atom stereocenters. The Hall–Kier alpha value is -4.77. The predicted molar refractivity (Wildman–Crippen MR) is 167 cm³/mol. The molecule has 0 radical (unpaired) electrons. The van der Waals surface area contributed by atoms with Crippen LogP contribution >= 0.6 is 0 Å². The first-order chi connectivity index (χ1) is 21.1. The number of hydrogen-bond donors (Lipinski definition) is 1. The van der Waals surface area contributed by atoms with E-state index in [-0.39, 0.29) is 30.6 Å². The second-order valence-electron chi connectivity index (χ2n) is 12.2. The van der Waals surface area contributed by atoms with Gasteiger partial charge in [-0.2, -0.15) is 9.61 Å². The Bertz CT molecular complexity index is 1770. The summed E-state index contributed by atoms with van der Waals surface area (Å²) in [6.45, 7) is 6.18. The molecule has 228 valence electrons. The van der Waals surface area contributed by atoms with E-state index in [0.29, 0.717) is 29.3 Å². The van der Waals surface area contributed by atoms with Crippen LogP contribution in [0.1, 0.15) is 49.5 Å². The highest BCUT2D eigenvalue weighted by Gasteiger charge is 2.33. The minimum atomic E-state index is -0.587. The van der Waals surface area contributed by atoms with Crippen molar-refractivity contribution in [3.8, 4) is 22.6 Å². The summed E-state index contributed by atoms with van der Waals surface area (Å²) in [7, 11) is 3.65. The SMILES string of the molecule is CO[C@H]1CC[C@@H]1NC(=O)c1cnn2c(N(C)Cc3ccccc3)cc(-c3cnc4n(CC(=O)OC(C)(C)C)cccc3-4)nc12. The normalized spacial score (nSPS) is 16.6. The van der Waals surface area contributed by atoms with E-state index in [0.717, 1.165) is 35.3 Å². The minimum absolute atomic E-state index is 0.00556. The van der Waals surface area contributed by atoms with E-state index in [1.807, 2.05) is 70.4 Å². The third kappa shape index (κ3) is 5.87. The van der Waals surface area contributed by atoms with E-state index in [1.54, 1.807) is 28.6 Å². The van der Waals surface area contributed by atoms with Gasteiger partial charge in [-0.1, -0.05) is 30.3 Å². The van der Waals surface area contributed by atoms with Gasteiger partial charge in [-0.15, -0.1) is 0 Å². The lowest BCUT2D eigenvalue weighted by Gasteiger charge is -2.35. The third-order valence-electron chi connectivity index (χ3n) is 7.82. The lowest BCUT2D eigenvalue weighted by atomic mass is 9.89. The fourth-order valence-electron chi connectivity index (χ4n) is 5.55. The van der Waals surface area contributed by atoms with Crippen molar-refractivity contribution in [1.29, 1.82) is 0 Å². The molecule has 1 aliphatic carbocycles. The largest absolute Gasteiger partial charge is 0.459 e. The zero-order valence-corrected chi connectivity index (χ0v) is 25.7. The number of ether oxygens (including phenoxy) is 2. The number of rotatable bonds is 9. The minimum Gasteiger partial charge on any atom is -0.459 e. The molecule has 11 nitrogen and oxygen atoms in total. The van der Waals surface area contributed by atoms with E-state index in [4.69, 9.17) is 14.5 Å². The van der Waals surface area contributed by atoms with Gasteiger partial charge in [-0.05, 0) is 51.3 Å². The molecular weight excluding hydrogens is 558 g/mol. The van der Waals surface area contributed by atoms with Crippen molar-refractivity contribution in [2.24, 2.45) is 0 Å². The topological polar surface area (TPSA) is 116 Å². The van der Waals surface area contributed by atoms with Gasteiger partial charge in [0.05, 0.1) is 24.0 Å². The first-order valence-electron chi connectivity index (χ1n) is 14.7. The molecule has 3 aromatic rings. The van der Waals surface area contributed by atoms with Crippen LogP contribution in [0.5, 0.6) is 0 Å². The standard InChI is InChI=1S/C33H37N7O4/c1-33(2,3)44-29(41)20-39-15-9-12-22-23(17-34-30(22)39)26-16-28(38(4)19-21-10-7-6-8-11-21)40-31(36-26)24(18-35-40)32(42)37-25-13-14-27(25)43-5/h6-12,15-18,25,27H,13-14,19-20H2,1-5H3,(H,37,42)/t25-,27-/m0/s1. The number of hydrogen-bond acceptors (Lipinski definition) is 8. The number of nitrogens with one attached hydrogen (secondary N) is 1. The number of anilines is 1. The van der Waals surface area contributed by atoms with Gasteiger partial charge in [-0.25, -0.2) is 9.97 Å². The lowest BCUT2D eigenvalue weighted by Crippen LogP contribution is -2.51. The number of methoxy groups -OCH3 is 1. The molecule has 1 fully saturated rings. The summed E-state index contributed by atoms with van der Waals surface area (Å²) in [5.74, 6) is 0.810. The fraction of sp³-hybridized carbons (Fsp3) is 0.364. The van der Waals surface area contributed by atoms with Crippen molar-refractivity contribution in [3.05, 3.63) is 78.2 Å². The van der Waals surface area contributed by atoms with E-state index >= 15 is 0 Å². The van der Waals surface area contributed by atoms with Crippen LogP contribution in [-0.2, 0) is 27.4 Å². The molecule has 2 aliphatic heterocycles. The Kier molecular flexibility index (Phi) is 7.81. The molecule has 0 spiro atoms. The fourth-order valence-corrected chi connectivity index (χ4v) is 5.55. The van der Waals surface area contributed by atoms with Crippen molar-refractivity contribution in [1.82, 2.24) is 29.5 Å². The number of carbonyl (C=O) groups excluding carboxylic acids is 2. The number of carbonyl (C=O) groups is 2. The van der Waals surface area contributed by atoms with E-state index in [9.17, 15) is 9.59 Å². The maximum absolute atomic E-state index is 13.5. The molecule has 0 saturated heterocycles. The smallest absolute Gasteiger partial charge is 0.326 e. The van der Waals surface area contributed by atoms with Gasteiger partial charge in [0.2, 0.25) is 0 Å². The molecule has 6 rings (SSSR count). The Labute approximate surface area is 256 Å². The second kappa shape index (κ2) is 11.7. The number of amides is 1. The molecule has 1 N–H and O–H groups in total. The quantitative estimate of drug-likeness (QED) is 0.246. The Morgan fingerprint density at radius 1 is 1.07 bits per heavy atom. The van der Waals surface area contributed by atoms with Gasteiger partial charge < -0.3 is 24.3 Å². The molecule has 11 heteroatoms. The van der Waals surface area contributed by atoms with Crippen LogP contribution in [0.15, 0.2) is 67.1 Å². The Balaban J connectivity index is 1.39. The van der Waals surface area contributed by atoms with Crippen molar-refractivity contribution in [2.75, 3.05) is 19.1 Å². The van der Waals surface area contributed by atoms with Crippen LogP contribution in [0.4, 0.5) is 5.82 Å². The van der Waals surface area contributed by atoms with Crippen molar-refractivity contribution in [3.63, 3.8) is 0 Å². The van der Waals surface area contributed by atoms with Crippen LogP contribution in [-0.4, -0.2) is 67.9 Å². The lowest BCUT2D eigenvalue weighted by molar-refractivity contribution is -0.155. The van der Waals surface area contributed by atoms with Gasteiger partial charge in [0.1, 0.15) is 29.4 Å². The monoisotopic (exact) mass is 595 g/mol. The number of esters is 1. The molecule has 1 aromatic carbocycles. The third-order valence-corrected chi connectivity index (χ3v) is 7.82. The molecule has 2 aromatic heterocycles. The number of pyridine rings is 1. The number of nitrogens with zero attached hydrogens (tertiary/aromatic N) is 6. The van der Waals surface area contributed by atoms with Crippen molar-refractivity contribution < 1.29 is 19.1 Å². The Morgan fingerprint density at radius 3 is 2.57 bits per heavy atom. The van der Waals surface area contributed by atoms with Gasteiger partial charge in [0.15, 0.2) is 5.65 Å². The average Bonchev–Trinajstić information content (AvgIpc) is 3.60. The second-order valence-corrected chi connectivity index (χ2v) is 12.2. The van der Waals surface area contributed by atoms with Crippen molar-refractivity contribution in [2.45, 2.75) is 64.4 Å².